The Hall–Kier alpha value is -3.60. The molecule has 0 radical (unpaired) electrons. The van der Waals surface area contributed by atoms with Crippen molar-refractivity contribution in [3.8, 4) is 11.8 Å². The molecule has 8 heteroatoms. The van der Waals surface area contributed by atoms with Crippen LogP contribution in [0.15, 0.2) is 28.9 Å². The molecule has 3 aromatic heterocycles. The fraction of sp³-hybridized carbons (Fsp3) is 0.125. The number of anilines is 2. The molecule has 4 N–H and O–H groups in total. The average molecular weight is 319 g/mol. The van der Waals surface area contributed by atoms with Gasteiger partial charge in [-0.2, -0.15) is 10.1 Å². The minimum atomic E-state index is 0.347. The molecule has 0 amide bonds. The summed E-state index contributed by atoms with van der Waals surface area (Å²) in [4.78, 5) is 12.4. The van der Waals surface area contributed by atoms with E-state index in [-0.39, 0.29) is 0 Å². The minimum absolute atomic E-state index is 0.347. The van der Waals surface area contributed by atoms with Gasteiger partial charge in [-0.25, -0.2) is 9.97 Å². The lowest BCUT2D eigenvalue weighted by Gasteiger charge is -1.92. The Labute approximate surface area is 136 Å². The van der Waals surface area contributed by atoms with Crippen LogP contribution in [0.5, 0.6) is 0 Å². The molecule has 0 aliphatic carbocycles. The maximum atomic E-state index is 5.87. The number of nitrogens with one attached hydrogen (secondary N) is 2. The zero-order valence-corrected chi connectivity index (χ0v) is 12.8. The largest absolute Gasteiger partial charge is 0.424 e. The van der Waals surface area contributed by atoms with Crippen LogP contribution in [0.25, 0.3) is 22.1 Å². The van der Waals surface area contributed by atoms with Crippen molar-refractivity contribution in [3.63, 3.8) is 0 Å². The third-order valence-electron chi connectivity index (χ3n) is 3.43. The van der Waals surface area contributed by atoms with Crippen molar-refractivity contribution in [2.24, 2.45) is 0 Å². The van der Waals surface area contributed by atoms with Gasteiger partial charge in [-0.05, 0) is 31.0 Å². The molecule has 3 heterocycles. The van der Waals surface area contributed by atoms with Crippen LogP contribution in [0.4, 0.5) is 11.8 Å². The smallest absolute Gasteiger partial charge is 0.295 e. The molecule has 0 unspecified atom stereocenters. The number of oxazole rings is 1. The summed E-state index contributed by atoms with van der Waals surface area (Å²) in [6.07, 6.45) is 1.38. The van der Waals surface area contributed by atoms with Gasteiger partial charge in [0.05, 0.1) is 5.39 Å². The molecule has 0 aliphatic heterocycles. The number of hydrogen-bond donors (Lipinski definition) is 3. The fourth-order valence-electron chi connectivity index (χ4n) is 2.34. The molecule has 8 nitrogen and oxygen atoms in total. The quantitative estimate of drug-likeness (QED) is 0.483. The van der Waals surface area contributed by atoms with Crippen molar-refractivity contribution in [1.29, 1.82) is 0 Å². The summed E-state index contributed by atoms with van der Waals surface area (Å²) in [5.41, 5.74) is 9.19. The second-order valence-electron chi connectivity index (χ2n) is 5.04. The Balaban J connectivity index is 1.72. The number of nitrogens with zero attached hydrogens (tertiary/aromatic N) is 4. The Morgan fingerprint density at radius 3 is 3.08 bits per heavy atom. The maximum absolute atomic E-state index is 5.87. The van der Waals surface area contributed by atoms with Crippen molar-refractivity contribution < 1.29 is 4.42 Å². The number of aromatic nitrogens is 5. The SMILES string of the molecule is CCNc1nc2cc(C#Cc3n[nH]c4ncnc(N)c34)ccc2o1. The van der Waals surface area contributed by atoms with Crippen LogP contribution in [-0.4, -0.2) is 31.7 Å². The van der Waals surface area contributed by atoms with Gasteiger partial charge in [-0.15, -0.1) is 0 Å². The van der Waals surface area contributed by atoms with E-state index in [2.05, 4.69) is 42.3 Å². The summed E-state index contributed by atoms with van der Waals surface area (Å²) in [5, 5.41) is 10.6. The van der Waals surface area contributed by atoms with Gasteiger partial charge in [0.15, 0.2) is 11.2 Å². The Kier molecular flexibility index (Phi) is 3.24. The van der Waals surface area contributed by atoms with Crippen molar-refractivity contribution >= 4 is 34.0 Å². The lowest BCUT2D eigenvalue weighted by atomic mass is 10.2. The fourth-order valence-corrected chi connectivity index (χ4v) is 2.34. The lowest BCUT2D eigenvalue weighted by molar-refractivity contribution is 0.616. The maximum Gasteiger partial charge on any atom is 0.295 e. The summed E-state index contributed by atoms with van der Waals surface area (Å²) in [5.74, 6) is 6.40. The first-order valence-electron chi connectivity index (χ1n) is 7.35. The monoisotopic (exact) mass is 319 g/mol. The molecule has 24 heavy (non-hydrogen) atoms. The highest BCUT2D eigenvalue weighted by Gasteiger charge is 2.09. The molecule has 4 rings (SSSR count). The third kappa shape index (κ3) is 2.38. The van der Waals surface area contributed by atoms with E-state index in [1.54, 1.807) is 0 Å². The first-order valence-corrected chi connectivity index (χ1v) is 7.35. The van der Waals surface area contributed by atoms with Crippen LogP contribution in [0.3, 0.4) is 0 Å². The second kappa shape index (κ2) is 5.55. The summed E-state index contributed by atoms with van der Waals surface area (Å²) in [6.45, 7) is 2.73. The van der Waals surface area contributed by atoms with E-state index in [0.717, 1.165) is 17.6 Å². The Morgan fingerprint density at radius 1 is 1.29 bits per heavy atom. The highest BCUT2D eigenvalue weighted by Crippen LogP contribution is 2.20. The molecule has 0 saturated carbocycles. The predicted molar refractivity (Wildman–Crippen MR) is 90.2 cm³/mol. The van der Waals surface area contributed by atoms with Crippen LogP contribution in [0.2, 0.25) is 0 Å². The molecular weight excluding hydrogens is 306 g/mol. The summed E-state index contributed by atoms with van der Waals surface area (Å²) in [7, 11) is 0. The van der Waals surface area contributed by atoms with E-state index in [4.69, 9.17) is 10.2 Å². The Morgan fingerprint density at radius 2 is 2.21 bits per heavy atom. The van der Waals surface area contributed by atoms with Gasteiger partial charge in [-0.3, -0.25) is 5.10 Å². The highest BCUT2D eigenvalue weighted by atomic mass is 16.4. The van der Waals surface area contributed by atoms with Gasteiger partial charge in [0.1, 0.15) is 23.4 Å². The third-order valence-corrected chi connectivity index (χ3v) is 3.43. The van der Waals surface area contributed by atoms with Crippen LogP contribution >= 0.6 is 0 Å². The minimum Gasteiger partial charge on any atom is -0.424 e. The van der Waals surface area contributed by atoms with E-state index in [1.807, 2.05) is 25.1 Å². The number of nitrogen functional groups attached to an aromatic ring is 1. The number of nitrogens with two attached hydrogens (primary N) is 1. The molecule has 0 spiro atoms. The van der Waals surface area contributed by atoms with Crippen molar-refractivity contribution in [3.05, 3.63) is 35.8 Å². The summed E-state index contributed by atoms with van der Waals surface area (Å²) >= 11 is 0. The van der Waals surface area contributed by atoms with Gasteiger partial charge < -0.3 is 15.5 Å². The molecule has 118 valence electrons. The van der Waals surface area contributed by atoms with Crippen LogP contribution in [-0.2, 0) is 0 Å². The van der Waals surface area contributed by atoms with E-state index in [0.29, 0.717) is 34.1 Å². The summed E-state index contributed by atoms with van der Waals surface area (Å²) < 4.78 is 5.57. The van der Waals surface area contributed by atoms with E-state index in [9.17, 15) is 0 Å². The highest BCUT2D eigenvalue weighted by molar-refractivity contribution is 5.90. The van der Waals surface area contributed by atoms with E-state index < -0.39 is 0 Å². The second-order valence-corrected chi connectivity index (χ2v) is 5.04. The first kappa shape index (κ1) is 14.0. The van der Waals surface area contributed by atoms with Gasteiger partial charge in [-0.1, -0.05) is 5.92 Å². The van der Waals surface area contributed by atoms with E-state index >= 15 is 0 Å². The summed E-state index contributed by atoms with van der Waals surface area (Å²) in [6, 6.07) is 6.07. The normalized spacial score (nSPS) is 10.7. The number of hydrogen-bond acceptors (Lipinski definition) is 7. The molecule has 0 fully saturated rings. The van der Waals surface area contributed by atoms with Gasteiger partial charge in [0.2, 0.25) is 0 Å². The number of H-pyrrole nitrogens is 1. The standard InChI is InChI=1S/C16H13N7O/c1-2-18-16-21-11-7-9(4-6-12(11)24-16)3-5-10-13-14(17)19-8-20-15(13)23-22-10/h4,6-8H,2H2,1H3,(H,18,21)(H3,17,19,20,22,23). The molecular formula is C16H13N7O. The van der Waals surface area contributed by atoms with Gasteiger partial charge >= 0.3 is 0 Å². The molecule has 0 saturated heterocycles. The molecule has 0 atom stereocenters. The molecule has 0 aliphatic rings. The number of fused-ring (bicyclic) bond motifs is 2. The van der Waals surface area contributed by atoms with Crippen LogP contribution in [0, 0.1) is 11.8 Å². The van der Waals surface area contributed by atoms with Crippen LogP contribution in [0.1, 0.15) is 18.2 Å². The van der Waals surface area contributed by atoms with Crippen molar-refractivity contribution in [2.45, 2.75) is 6.92 Å². The number of benzene rings is 1. The average Bonchev–Trinajstić information content (AvgIpc) is 3.17. The zero-order valence-electron chi connectivity index (χ0n) is 12.8. The first-order chi connectivity index (χ1) is 11.7. The zero-order chi connectivity index (χ0) is 16.5. The molecule has 1 aromatic carbocycles. The molecule has 0 bridgehead atoms. The Bertz CT molecular complexity index is 1100. The lowest BCUT2D eigenvalue weighted by Crippen LogP contribution is -1.95. The topological polar surface area (TPSA) is 119 Å². The predicted octanol–water partition coefficient (Wildman–Crippen LogP) is 1.91. The number of aromatic amines is 1. The van der Waals surface area contributed by atoms with Gasteiger partial charge in [0, 0.05) is 12.1 Å². The van der Waals surface area contributed by atoms with Crippen molar-refractivity contribution in [1.82, 2.24) is 25.1 Å². The van der Waals surface area contributed by atoms with Crippen molar-refractivity contribution in [2.75, 3.05) is 17.6 Å². The van der Waals surface area contributed by atoms with Gasteiger partial charge in [0.25, 0.3) is 6.01 Å². The van der Waals surface area contributed by atoms with Crippen LogP contribution < -0.4 is 11.1 Å². The van der Waals surface area contributed by atoms with E-state index in [1.165, 1.54) is 6.33 Å². The number of rotatable bonds is 2. The molecule has 4 aromatic rings.